The van der Waals surface area contributed by atoms with Gasteiger partial charge in [-0.2, -0.15) is 0 Å². The van der Waals surface area contributed by atoms with E-state index in [4.69, 9.17) is 5.73 Å². The zero-order chi connectivity index (χ0) is 14.7. The third kappa shape index (κ3) is 4.41. The van der Waals surface area contributed by atoms with E-state index in [0.717, 1.165) is 19.3 Å². The van der Waals surface area contributed by atoms with Gasteiger partial charge in [0.25, 0.3) is 0 Å². The molecule has 0 aromatic heterocycles. The molecule has 1 fully saturated rings. The maximum absolute atomic E-state index is 13.5. The number of carbonyl (C=O) groups excluding carboxylic acids is 2. The number of halogens is 2. The van der Waals surface area contributed by atoms with Crippen LogP contribution in [0.1, 0.15) is 26.2 Å². The number of nitrogens with two attached hydrogens (primary N) is 1. The Morgan fingerprint density at radius 2 is 2.00 bits per heavy atom. The topological polar surface area (TPSA) is 84.2 Å². The fraction of sp³-hybridized carbons (Fsp3) is 0.429. The van der Waals surface area contributed by atoms with Crippen molar-refractivity contribution in [3.8, 4) is 0 Å². The predicted molar refractivity (Wildman–Crippen MR) is 81.9 cm³/mol. The summed E-state index contributed by atoms with van der Waals surface area (Å²) in [7, 11) is 0. The second-order valence-corrected chi connectivity index (χ2v) is 5.07. The minimum Gasteiger partial charge on any atom is -0.327 e. The second-order valence-electron chi connectivity index (χ2n) is 5.07. The van der Waals surface area contributed by atoms with Crippen molar-refractivity contribution in [1.29, 1.82) is 0 Å². The average Bonchev–Trinajstić information content (AvgIpc) is 2.79. The average molecular weight is 316 g/mol. The van der Waals surface area contributed by atoms with Crippen LogP contribution in [0.3, 0.4) is 0 Å². The van der Waals surface area contributed by atoms with Gasteiger partial charge in [-0.25, -0.2) is 4.39 Å². The highest BCUT2D eigenvalue weighted by atomic mass is 35.5. The van der Waals surface area contributed by atoms with Gasteiger partial charge in [0.1, 0.15) is 5.82 Å². The normalized spacial score (nSPS) is 20.5. The Bertz CT molecular complexity index is 539. The van der Waals surface area contributed by atoms with E-state index in [1.165, 1.54) is 25.1 Å². The molecule has 2 atom stereocenters. The number of benzene rings is 1. The summed E-state index contributed by atoms with van der Waals surface area (Å²) in [5, 5.41) is 5.09. The molecule has 1 aromatic carbocycles. The van der Waals surface area contributed by atoms with Gasteiger partial charge in [0, 0.05) is 18.7 Å². The summed E-state index contributed by atoms with van der Waals surface area (Å²) in [6, 6.07) is 3.94. The van der Waals surface area contributed by atoms with Crippen molar-refractivity contribution in [3.05, 3.63) is 24.0 Å². The van der Waals surface area contributed by atoms with E-state index >= 15 is 0 Å². The molecule has 1 saturated carbocycles. The van der Waals surface area contributed by atoms with Crippen LogP contribution >= 0.6 is 12.4 Å². The van der Waals surface area contributed by atoms with Crippen LogP contribution in [-0.4, -0.2) is 17.9 Å². The van der Waals surface area contributed by atoms with E-state index in [9.17, 15) is 14.0 Å². The van der Waals surface area contributed by atoms with E-state index in [1.54, 1.807) is 0 Å². The monoisotopic (exact) mass is 315 g/mol. The van der Waals surface area contributed by atoms with Crippen molar-refractivity contribution in [2.75, 3.05) is 10.6 Å². The Morgan fingerprint density at radius 3 is 2.57 bits per heavy atom. The van der Waals surface area contributed by atoms with E-state index in [1.807, 2.05) is 0 Å². The predicted octanol–water partition coefficient (Wildman–Crippen LogP) is 2.27. The van der Waals surface area contributed by atoms with Gasteiger partial charge in [0.05, 0.1) is 11.6 Å². The standard InChI is InChI=1S/C14H18FN3O2.ClH/c1-8(19)17-13-7-9(5-6-11(13)15)18-14(20)10-3-2-4-12(10)16;/h5-7,10,12H,2-4,16H2,1H3,(H,17,19)(H,18,20);1H. The quantitative estimate of drug-likeness (QED) is 0.800. The zero-order valence-corrected chi connectivity index (χ0v) is 12.5. The van der Waals surface area contributed by atoms with Crippen LogP contribution in [0.15, 0.2) is 18.2 Å². The first-order valence-corrected chi connectivity index (χ1v) is 6.61. The lowest BCUT2D eigenvalue weighted by atomic mass is 10.0. The molecule has 1 aliphatic rings. The molecule has 2 amide bonds. The lowest BCUT2D eigenvalue weighted by Crippen LogP contribution is -2.34. The highest BCUT2D eigenvalue weighted by Crippen LogP contribution is 2.26. The molecule has 7 heteroatoms. The highest BCUT2D eigenvalue weighted by molar-refractivity contribution is 5.95. The second kappa shape index (κ2) is 7.38. The van der Waals surface area contributed by atoms with E-state index in [-0.39, 0.29) is 41.9 Å². The third-order valence-electron chi connectivity index (χ3n) is 3.45. The van der Waals surface area contributed by atoms with Crippen LogP contribution in [0.2, 0.25) is 0 Å². The minimum absolute atomic E-state index is 0. The molecule has 0 spiro atoms. The molecule has 21 heavy (non-hydrogen) atoms. The SMILES string of the molecule is CC(=O)Nc1cc(NC(=O)C2CCCC2N)ccc1F.Cl. The molecule has 4 N–H and O–H groups in total. The molecular formula is C14H19ClFN3O2. The smallest absolute Gasteiger partial charge is 0.229 e. The molecule has 0 radical (unpaired) electrons. The van der Waals surface area contributed by atoms with Crippen LogP contribution in [0.5, 0.6) is 0 Å². The number of carbonyl (C=O) groups is 2. The lowest BCUT2D eigenvalue weighted by Gasteiger charge is -2.15. The molecule has 1 aromatic rings. The summed E-state index contributed by atoms with van der Waals surface area (Å²) in [4.78, 5) is 23.0. The van der Waals surface area contributed by atoms with E-state index in [2.05, 4.69) is 10.6 Å². The van der Waals surface area contributed by atoms with E-state index < -0.39 is 5.82 Å². The Labute approximate surface area is 128 Å². The molecule has 0 saturated heterocycles. The molecule has 2 rings (SSSR count). The highest BCUT2D eigenvalue weighted by Gasteiger charge is 2.30. The summed E-state index contributed by atoms with van der Waals surface area (Å²) in [5.41, 5.74) is 6.37. The maximum atomic E-state index is 13.5. The van der Waals surface area contributed by atoms with Crippen molar-refractivity contribution < 1.29 is 14.0 Å². The molecule has 0 heterocycles. The Morgan fingerprint density at radius 1 is 1.29 bits per heavy atom. The fourth-order valence-electron chi connectivity index (χ4n) is 2.44. The first kappa shape index (κ1) is 17.4. The van der Waals surface area contributed by atoms with Crippen LogP contribution < -0.4 is 16.4 Å². The van der Waals surface area contributed by atoms with Crippen molar-refractivity contribution in [3.63, 3.8) is 0 Å². The lowest BCUT2D eigenvalue weighted by molar-refractivity contribution is -0.120. The largest absolute Gasteiger partial charge is 0.327 e. The van der Waals surface area contributed by atoms with E-state index in [0.29, 0.717) is 5.69 Å². The van der Waals surface area contributed by atoms with Crippen LogP contribution in [0.25, 0.3) is 0 Å². The van der Waals surface area contributed by atoms with Crippen LogP contribution in [-0.2, 0) is 9.59 Å². The molecule has 0 aliphatic heterocycles. The van der Waals surface area contributed by atoms with Gasteiger partial charge in [0.15, 0.2) is 0 Å². The molecule has 1 aliphatic carbocycles. The number of rotatable bonds is 3. The minimum atomic E-state index is -0.546. The van der Waals surface area contributed by atoms with Crippen molar-refractivity contribution in [2.45, 2.75) is 32.2 Å². The number of hydrogen-bond acceptors (Lipinski definition) is 3. The van der Waals surface area contributed by atoms with Gasteiger partial charge in [-0.3, -0.25) is 9.59 Å². The third-order valence-corrected chi connectivity index (χ3v) is 3.45. The molecule has 116 valence electrons. The Balaban J connectivity index is 0.00000220. The Kier molecular flexibility index (Phi) is 6.11. The summed E-state index contributed by atoms with van der Waals surface area (Å²) >= 11 is 0. The first-order chi connectivity index (χ1) is 9.47. The first-order valence-electron chi connectivity index (χ1n) is 6.61. The number of nitrogens with one attached hydrogen (secondary N) is 2. The molecule has 5 nitrogen and oxygen atoms in total. The fourth-order valence-corrected chi connectivity index (χ4v) is 2.44. The van der Waals surface area contributed by atoms with Gasteiger partial charge < -0.3 is 16.4 Å². The van der Waals surface area contributed by atoms with Crippen molar-refractivity contribution in [1.82, 2.24) is 0 Å². The summed E-state index contributed by atoms with van der Waals surface area (Å²) < 4.78 is 13.5. The van der Waals surface area contributed by atoms with Crippen molar-refractivity contribution in [2.24, 2.45) is 11.7 Å². The van der Waals surface area contributed by atoms with Gasteiger partial charge >= 0.3 is 0 Å². The number of amides is 2. The molecule has 0 bridgehead atoms. The summed E-state index contributed by atoms with van der Waals surface area (Å²) in [6.45, 7) is 1.29. The van der Waals surface area contributed by atoms with Gasteiger partial charge in [0.2, 0.25) is 11.8 Å². The summed E-state index contributed by atoms with van der Waals surface area (Å²) in [6.07, 6.45) is 2.56. The van der Waals surface area contributed by atoms with Crippen molar-refractivity contribution >= 4 is 35.6 Å². The van der Waals surface area contributed by atoms with Gasteiger partial charge in [-0.1, -0.05) is 6.42 Å². The van der Waals surface area contributed by atoms with Crippen LogP contribution in [0, 0.1) is 11.7 Å². The van der Waals surface area contributed by atoms with Gasteiger partial charge in [-0.15, -0.1) is 12.4 Å². The zero-order valence-electron chi connectivity index (χ0n) is 11.7. The van der Waals surface area contributed by atoms with Gasteiger partial charge in [-0.05, 0) is 31.0 Å². The maximum Gasteiger partial charge on any atom is 0.229 e. The number of hydrogen-bond donors (Lipinski definition) is 3. The summed E-state index contributed by atoms with van der Waals surface area (Å²) in [5.74, 6) is -1.28. The Hall–Kier alpha value is -1.66. The molecular weight excluding hydrogens is 297 g/mol. The van der Waals surface area contributed by atoms with Crippen LogP contribution in [0.4, 0.5) is 15.8 Å². The number of anilines is 2. The molecule has 2 unspecified atom stereocenters.